The summed E-state index contributed by atoms with van der Waals surface area (Å²) in [5.74, 6) is 0.0780. The molecule has 0 aliphatic heterocycles. The number of benzene rings is 2. The summed E-state index contributed by atoms with van der Waals surface area (Å²) >= 11 is 3.44. The van der Waals surface area contributed by atoms with Crippen LogP contribution in [0.25, 0.3) is 10.8 Å². The van der Waals surface area contributed by atoms with E-state index in [1.807, 2.05) is 36.4 Å². The number of fused-ring (bicyclic) bond motifs is 1. The van der Waals surface area contributed by atoms with E-state index in [4.69, 9.17) is 5.73 Å². The Morgan fingerprint density at radius 2 is 1.95 bits per heavy atom. The topological polar surface area (TPSA) is 72.9 Å². The molecule has 0 radical (unpaired) electrons. The second-order valence-corrected chi connectivity index (χ2v) is 5.64. The van der Waals surface area contributed by atoms with Crippen LogP contribution in [0.5, 0.6) is 0 Å². The number of nitrogen functional groups attached to an aromatic ring is 1. The van der Waals surface area contributed by atoms with Gasteiger partial charge in [0.1, 0.15) is 11.4 Å². The van der Waals surface area contributed by atoms with E-state index < -0.39 is 0 Å². The van der Waals surface area contributed by atoms with E-state index in [0.29, 0.717) is 11.4 Å². The normalized spacial score (nSPS) is 10.8. The first-order valence-electron chi connectivity index (χ1n) is 6.33. The zero-order valence-corrected chi connectivity index (χ0v) is 12.9. The third-order valence-electron chi connectivity index (χ3n) is 3.29. The Morgan fingerprint density at radius 3 is 2.67 bits per heavy atom. The first-order chi connectivity index (χ1) is 10.0. The number of hydrogen-bond donors (Lipinski definition) is 2. The molecule has 106 valence electrons. The Bertz CT molecular complexity index is 841. The quantitative estimate of drug-likeness (QED) is 0.749. The molecule has 1 amide bonds. The SMILES string of the molecule is Cn1ncc(C(=O)Nc2ccc3cc(Br)ccc3c2)c1N. The highest BCUT2D eigenvalue weighted by Crippen LogP contribution is 2.23. The number of nitrogens with zero attached hydrogens (tertiary/aromatic N) is 2. The number of rotatable bonds is 2. The zero-order valence-electron chi connectivity index (χ0n) is 11.3. The lowest BCUT2D eigenvalue weighted by molar-refractivity contribution is 0.102. The van der Waals surface area contributed by atoms with Gasteiger partial charge in [-0.1, -0.05) is 28.1 Å². The van der Waals surface area contributed by atoms with Crippen molar-refractivity contribution in [2.75, 3.05) is 11.1 Å². The van der Waals surface area contributed by atoms with Crippen LogP contribution in [0.1, 0.15) is 10.4 Å². The van der Waals surface area contributed by atoms with Crippen molar-refractivity contribution in [1.29, 1.82) is 0 Å². The maximum absolute atomic E-state index is 12.2. The molecular formula is C15H13BrN4O. The van der Waals surface area contributed by atoms with E-state index in [2.05, 4.69) is 26.3 Å². The molecule has 3 rings (SSSR count). The molecular weight excluding hydrogens is 332 g/mol. The molecule has 3 aromatic rings. The number of aryl methyl sites for hydroxylation is 1. The van der Waals surface area contributed by atoms with Gasteiger partial charge in [0.2, 0.25) is 0 Å². The summed E-state index contributed by atoms with van der Waals surface area (Å²) in [5, 5.41) is 8.95. The summed E-state index contributed by atoms with van der Waals surface area (Å²) in [7, 11) is 1.69. The Labute approximate surface area is 129 Å². The van der Waals surface area contributed by atoms with Crippen LogP contribution in [-0.2, 0) is 7.05 Å². The Hall–Kier alpha value is -2.34. The number of amides is 1. The van der Waals surface area contributed by atoms with E-state index in [1.165, 1.54) is 10.9 Å². The first kappa shape index (κ1) is 13.6. The number of anilines is 2. The summed E-state index contributed by atoms with van der Waals surface area (Å²) in [6.07, 6.45) is 1.46. The van der Waals surface area contributed by atoms with Crippen LogP contribution >= 0.6 is 15.9 Å². The number of nitrogens with one attached hydrogen (secondary N) is 1. The van der Waals surface area contributed by atoms with Crippen molar-refractivity contribution in [3.63, 3.8) is 0 Å². The highest BCUT2D eigenvalue weighted by Gasteiger charge is 2.13. The summed E-state index contributed by atoms with van der Waals surface area (Å²) < 4.78 is 2.49. The van der Waals surface area contributed by atoms with Crippen LogP contribution in [0, 0.1) is 0 Å². The molecule has 0 atom stereocenters. The molecule has 0 fully saturated rings. The predicted molar refractivity (Wildman–Crippen MR) is 87.2 cm³/mol. The van der Waals surface area contributed by atoms with Crippen molar-refractivity contribution in [3.05, 3.63) is 52.6 Å². The standard InChI is InChI=1S/C15H13BrN4O/c1-20-14(17)13(8-18-20)15(21)19-12-5-3-9-6-11(16)4-2-10(9)7-12/h2-8H,17H2,1H3,(H,19,21). The van der Waals surface area contributed by atoms with E-state index >= 15 is 0 Å². The molecule has 6 heteroatoms. The van der Waals surface area contributed by atoms with E-state index in [1.54, 1.807) is 7.05 Å². The predicted octanol–water partition coefficient (Wildman–Crippen LogP) is 3.17. The maximum Gasteiger partial charge on any atom is 0.261 e. The number of aromatic nitrogens is 2. The highest BCUT2D eigenvalue weighted by atomic mass is 79.9. The molecule has 3 N–H and O–H groups in total. The average molecular weight is 345 g/mol. The van der Waals surface area contributed by atoms with Crippen LogP contribution in [0.4, 0.5) is 11.5 Å². The van der Waals surface area contributed by atoms with Gasteiger partial charge in [-0.2, -0.15) is 5.10 Å². The van der Waals surface area contributed by atoms with Gasteiger partial charge >= 0.3 is 0 Å². The van der Waals surface area contributed by atoms with Crippen molar-refractivity contribution >= 4 is 44.1 Å². The minimum atomic E-state index is -0.267. The molecule has 0 saturated carbocycles. The number of carbonyl (C=O) groups excluding carboxylic acids is 1. The fraction of sp³-hybridized carbons (Fsp3) is 0.0667. The molecule has 0 aliphatic carbocycles. The molecule has 5 nitrogen and oxygen atoms in total. The van der Waals surface area contributed by atoms with Gasteiger partial charge in [-0.25, -0.2) is 0 Å². The third-order valence-corrected chi connectivity index (χ3v) is 3.78. The van der Waals surface area contributed by atoms with Gasteiger partial charge in [0, 0.05) is 17.2 Å². The van der Waals surface area contributed by atoms with E-state index in [-0.39, 0.29) is 5.91 Å². The number of carbonyl (C=O) groups is 1. The average Bonchev–Trinajstić information content (AvgIpc) is 2.79. The molecule has 0 saturated heterocycles. The fourth-order valence-corrected chi connectivity index (χ4v) is 2.49. The third kappa shape index (κ3) is 2.62. The molecule has 0 unspecified atom stereocenters. The second-order valence-electron chi connectivity index (χ2n) is 4.73. The molecule has 0 aliphatic rings. The number of hydrogen-bond acceptors (Lipinski definition) is 3. The minimum absolute atomic E-state index is 0.267. The Balaban J connectivity index is 1.89. The lowest BCUT2D eigenvalue weighted by atomic mass is 10.1. The number of nitrogens with two attached hydrogens (primary N) is 1. The Kier molecular flexibility index (Phi) is 3.39. The van der Waals surface area contributed by atoms with Gasteiger partial charge in [0.15, 0.2) is 0 Å². The van der Waals surface area contributed by atoms with Crippen LogP contribution in [0.15, 0.2) is 47.1 Å². The van der Waals surface area contributed by atoms with E-state index in [9.17, 15) is 4.79 Å². The van der Waals surface area contributed by atoms with Crippen molar-refractivity contribution in [3.8, 4) is 0 Å². The molecule has 21 heavy (non-hydrogen) atoms. The minimum Gasteiger partial charge on any atom is -0.383 e. The smallest absolute Gasteiger partial charge is 0.261 e. The summed E-state index contributed by atoms with van der Waals surface area (Å²) in [5.41, 5.74) is 6.89. The summed E-state index contributed by atoms with van der Waals surface area (Å²) in [6, 6.07) is 11.7. The van der Waals surface area contributed by atoms with Gasteiger partial charge in [0.05, 0.1) is 6.20 Å². The first-order valence-corrected chi connectivity index (χ1v) is 7.12. The monoisotopic (exact) mass is 344 g/mol. The van der Waals surface area contributed by atoms with Crippen LogP contribution < -0.4 is 11.1 Å². The fourth-order valence-electron chi connectivity index (χ4n) is 2.11. The van der Waals surface area contributed by atoms with Crippen molar-refractivity contribution in [2.24, 2.45) is 7.05 Å². The molecule has 1 heterocycles. The lowest BCUT2D eigenvalue weighted by Crippen LogP contribution is -2.13. The van der Waals surface area contributed by atoms with Crippen molar-refractivity contribution in [2.45, 2.75) is 0 Å². The van der Waals surface area contributed by atoms with Gasteiger partial charge in [-0.15, -0.1) is 0 Å². The molecule has 0 bridgehead atoms. The highest BCUT2D eigenvalue weighted by molar-refractivity contribution is 9.10. The van der Waals surface area contributed by atoms with Crippen molar-refractivity contribution in [1.82, 2.24) is 9.78 Å². The van der Waals surface area contributed by atoms with Crippen LogP contribution in [0.2, 0.25) is 0 Å². The Morgan fingerprint density at radius 1 is 1.24 bits per heavy atom. The van der Waals surface area contributed by atoms with Crippen LogP contribution in [0.3, 0.4) is 0 Å². The van der Waals surface area contributed by atoms with Crippen LogP contribution in [-0.4, -0.2) is 15.7 Å². The summed E-state index contributed by atoms with van der Waals surface area (Å²) in [6.45, 7) is 0. The lowest BCUT2D eigenvalue weighted by Gasteiger charge is -2.06. The largest absolute Gasteiger partial charge is 0.383 e. The van der Waals surface area contributed by atoms with Gasteiger partial charge < -0.3 is 11.1 Å². The second kappa shape index (κ2) is 5.21. The van der Waals surface area contributed by atoms with Gasteiger partial charge in [0.25, 0.3) is 5.91 Å². The van der Waals surface area contributed by atoms with E-state index in [0.717, 1.165) is 20.9 Å². The molecule has 0 spiro atoms. The molecule has 1 aromatic heterocycles. The molecule has 2 aromatic carbocycles. The van der Waals surface area contributed by atoms with Crippen molar-refractivity contribution < 1.29 is 4.79 Å². The maximum atomic E-state index is 12.2. The zero-order chi connectivity index (χ0) is 15.0. The summed E-state index contributed by atoms with van der Waals surface area (Å²) in [4.78, 5) is 12.2. The van der Waals surface area contributed by atoms with Gasteiger partial charge in [-0.3, -0.25) is 9.48 Å². The van der Waals surface area contributed by atoms with Gasteiger partial charge in [-0.05, 0) is 35.0 Å². The number of halogens is 1.